The van der Waals surface area contributed by atoms with Crippen LogP contribution in [0.1, 0.15) is 24.9 Å². The van der Waals surface area contributed by atoms with E-state index in [1.807, 2.05) is 11.8 Å². The molecule has 0 aromatic heterocycles. The third kappa shape index (κ3) is 2.51. The average molecular weight is 255 g/mol. The molecular weight excluding hydrogens is 240 g/mol. The highest BCUT2D eigenvalue weighted by Gasteiger charge is 2.31. The molecule has 98 valence electrons. The second kappa shape index (κ2) is 5.02. The van der Waals surface area contributed by atoms with Gasteiger partial charge in [0.25, 0.3) is 0 Å². The van der Waals surface area contributed by atoms with Gasteiger partial charge in [-0.2, -0.15) is 0 Å². The van der Waals surface area contributed by atoms with Crippen molar-refractivity contribution >= 4 is 5.97 Å². The van der Waals surface area contributed by atoms with Crippen molar-refractivity contribution in [1.29, 1.82) is 0 Å². The summed E-state index contributed by atoms with van der Waals surface area (Å²) in [6, 6.07) is 3.71. The van der Waals surface area contributed by atoms with E-state index in [1.54, 1.807) is 0 Å². The summed E-state index contributed by atoms with van der Waals surface area (Å²) in [6.45, 7) is 2.99. The van der Waals surface area contributed by atoms with Gasteiger partial charge in [-0.3, -0.25) is 9.69 Å². The van der Waals surface area contributed by atoms with Crippen LogP contribution in [0.25, 0.3) is 0 Å². The quantitative estimate of drug-likeness (QED) is 0.901. The standard InChI is InChI=1S/C13H15F2NO2/c1-8(9-2-3-11(14)12(15)6-9)16-5-4-10(7-16)13(17)18/h2-3,6,8,10H,4-5,7H2,1H3,(H,17,18)/t8-,10-/m1/s1. The smallest absolute Gasteiger partial charge is 0.307 e. The normalized spacial score (nSPS) is 22.1. The van der Waals surface area contributed by atoms with Gasteiger partial charge in [-0.05, 0) is 37.6 Å². The number of carbonyl (C=O) groups is 1. The number of benzene rings is 1. The van der Waals surface area contributed by atoms with Crippen molar-refractivity contribution in [2.45, 2.75) is 19.4 Å². The number of halogens is 2. The molecule has 1 aromatic rings. The Hall–Kier alpha value is -1.49. The highest BCUT2D eigenvalue weighted by atomic mass is 19.2. The van der Waals surface area contributed by atoms with Crippen LogP contribution in [0.5, 0.6) is 0 Å². The Balaban J connectivity index is 2.10. The molecule has 1 fully saturated rings. The Morgan fingerprint density at radius 1 is 1.44 bits per heavy atom. The Labute approximate surface area is 104 Å². The first kappa shape index (κ1) is 13.0. The molecule has 5 heteroatoms. The molecule has 0 bridgehead atoms. The van der Waals surface area contributed by atoms with E-state index in [4.69, 9.17) is 5.11 Å². The van der Waals surface area contributed by atoms with Crippen LogP contribution >= 0.6 is 0 Å². The molecule has 1 aliphatic heterocycles. The fourth-order valence-corrected chi connectivity index (χ4v) is 2.32. The highest BCUT2D eigenvalue weighted by molar-refractivity contribution is 5.70. The lowest BCUT2D eigenvalue weighted by atomic mass is 10.1. The van der Waals surface area contributed by atoms with Crippen LogP contribution in [0.15, 0.2) is 18.2 Å². The number of rotatable bonds is 3. The maximum atomic E-state index is 13.1. The van der Waals surface area contributed by atoms with Gasteiger partial charge in [0.05, 0.1) is 5.92 Å². The Bertz CT molecular complexity index is 464. The van der Waals surface area contributed by atoms with Crippen LogP contribution in [-0.4, -0.2) is 29.1 Å². The van der Waals surface area contributed by atoms with Crippen molar-refractivity contribution in [1.82, 2.24) is 4.90 Å². The Kier molecular flexibility index (Phi) is 3.61. The number of carboxylic acids is 1. The molecule has 2 atom stereocenters. The highest BCUT2D eigenvalue weighted by Crippen LogP contribution is 2.28. The van der Waals surface area contributed by atoms with Crippen LogP contribution in [-0.2, 0) is 4.79 Å². The van der Waals surface area contributed by atoms with E-state index in [2.05, 4.69) is 0 Å². The first-order valence-electron chi connectivity index (χ1n) is 5.91. The Morgan fingerprint density at radius 2 is 2.17 bits per heavy atom. The molecule has 0 radical (unpaired) electrons. The van der Waals surface area contributed by atoms with Gasteiger partial charge in [-0.15, -0.1) is 0 Å². The van der Waals surface area contributed by atoms with E-state index in [0.717, 1.165) is 6.07 Å². The summed E-state index contributed by atoms with van der Waals surface area (Å²) < 4.78 is 26.0. The van der Waals surface area contributed by atoms with Gasteiger partial charge in [0.2, 0.25) is 0 Å². The van der Waals surface area contributed by atoms with Crippen molar-refractivity contribution in [3.05, 3.63) is 35.4 Å². The monoisotopic (exact) mass is 255 g/mol. The predicted molar refractivity (Wildman–Crippen MR) is 62.1 cm³/mol. The van der Waals surface area contributed by atoms with Crippen LogP contribution in [0, 0.1) is 17.6 Å². The molecule has 1 N–H and O–H groups in total. The van der Waals surface area contributed by atoms with Gasteiger partial charge >= 0.3 is 5.97 Å². The zero-order valence-corrected chi connectivity index (χ0v) is 10.1. The van der Waals surface area contributed by atoms with Crippen molar-refractivity contribution in [3.63, 3.8) is 0 Å². The molecule has 18 heavy (non-hydrogen) atoms. The summed E-state index contributed by atoms with van der Waals surface area (Å²) >= 11 is 0. The molecular formula is C13H15F2NO2. The summed E-state index contributed by atoms with van der Waals surface area (Å²) in [6.07, 6.45) is 0.601. The predicted octanol–water partition coefficient (Wildman–Crippen LogP) is 2.43. The SMILES string of the molecule is C[C@H](c1ccc(F)c(F)c1)N1CC[C@@H](C(=O)O)C1. The van der Waals surface area contributed by atoms with E-state index >= 15 is 0 Å². The van der Waals surface area contributed by atoms with Gasteiger partial charge < -0.3 is 5.11 Å². The van der Waals surface area contributed by atoms with E-state index in [1.165, 1.54) is 12.1 Å². The van der Waals surface area contributed by atoms with Crippen LogP contribution in [0.4, 0.5) is 8.78 Å². The minimum Gasteiger partial charge on any atom is -0.481 e. The third-order valence-electron chi connectivity index (χ3n) is 3.54. The van der Waals surface area contributed by atoms with E-state index in [9.17, 15) is 13.6 Å². The largest absolute Gasteiger partial charge is 0.481 e. The minimum atomic E-state index is -0.867. The Morgan fingerprint density at radius 3 is 2.72 bits per heavy atom. The number of aliphatic carboxylic acids is 1. The number of hydrogen-bond donors (Lipinski definition) is 1. The number of hydrogen-bond acceptors (Lipinski definition) is 2. The van der Waals surface area contributed by atoms with Crippen LogP contribution in [0.2, 0.25) is 0 Å². The second-order valence-electron chi connectivity index (χ2n) is 4.67. The number of likely N-dealkylation sites (tertiary alicyclic amines) is 1. The lowest BCUT2D eigenvalue weighted by Crippen LogP contribution is -2.26. The van der Waals surface area contributed by atoms with Crippen molar-refractivity contribution in [2.24, 2.45) is 5.92 Å². The second-order valence-corrected chi connectivity index (χ2v) is 4.67. The first-order chi connectivity index (χ1) is 8.49. The fraction of sp³-hybridized carbons (Fsp3) is 0.462. The van der Waals surface area contributed by atoms with Crippen molar-refractivity contribution in [3.8, 4) is 0 Å². The summed E-state index contributed by atoms with van der Waals surface area (Å²) in [5, 5.41) is 8.93. The van der Waals surface area contributed by atoms with Crippen LogP contribution in [0.3, 0.4) is 0 Å². The molecule has 2 rings (SSSR count). The van der Waals surface area contributed by atoms with Gasteiger partial charge in [0.1, 0.15) is 0 Å². The third-order valence-corrected chi connectivity index (χ3v) is 3.54. The maximum absolute atomic E-state index is 13.1. The summed E-state index contributed by atoms with van der Waals surface area (Å²) in [7, 11) is 0. The minimum absolute atomic E-state index is 0.107. The molecule has 1 aromatic carbocycles. The topological polar surface area (TPSA) is 40.5 Å². The number of carboxylic acid groups (broad SMARTS) is 1. The van der Waals surface area contributed by atoms with E-state index < -0.39 is 17.6 Å². The fourth-order valence-electron chi connectivity index (χ4n) is 2.32. The lowest BCUT2D eigenvalue weighted by Gasteiger charge is -2.24. The zero-order valence-electron chi connectivity index (χ0n) is 10.1. The molecule has 0 saturated carbocycles. The molecule has 1 aliphatic rings. The van der Waals surface area contributed by atoms with Gasteiger partial charge in [-0.25, -0.2) is 8.78 Å². The maximum Gasteiger partial charge on any atom is 0.307 e. The van der Waals surface area contributed by atoms with Gasteiger partial charge in [0.15, 0.2) is 11.6 Å². The zero-order chi connectivity index (χ0) is 13.3. The van der Waals surface area contributed by atoms with E-state index in [-0.39, 0.29) is 12.0 Å². The summed E-state index contributed by atoms with van der Waals surface area (Å²) in [5.74, 6) is -2.89. The molecule has 0 spiro atoms. The molecule has 0 amide bonds. The molecule has 0 aliphatic carbocycles. The summed E-state index contributed by atoms with van der Waals surface area (Å²) in [5.41, 5.74) is 0.667. The van der Waals surface area contributed by atoms with Gasteiger partial charge in [0, 0.05) is 12.6 Å². The average Bonchev–Trinajstić information content (AvgIpc) is 2.81. The van der Waals surface area contributed by atoms with Crippen LogP contribution < -0.4 is 0 Å². The molecule has 3 nitrogen and oxygen atoms in total. The van der Waals surface area contributed by atoms with Gasteiger partial charge in [-0.1, -0.05) is 6.07 Å². The molecule has 1 heterocycles. The summed E-state index contributed by atoms with van der Waals surface area (Å²) in [4.78, 5) is 12.8. The van der Waals surface area contributed by atoms with E-state index in [0.29, 0.717) is 25.1 Å². The molecule has 1 saturated heterocycles. The van der Waals surface area contributed by atoms with Crippen molar-refractivity contribution < 1.29 is 18.7 Å². The number of nitrogens with zero attached hydrogens (tertiary/aromatic N) is 1. The van der Waals surface area contributed by atoms with Crippen molar-refractivity contribution in [2.75, 3.05) is 13.1 Å². The first-order valence-corrected chi connectivity index (χ1v) is 5.91. The molecule has 0 unspecified atom stereocenters. The lowest BCUT2D eigenvalue weighted by molar-refractivity contribution is -0.141.